The van der Waals surface area contributed by atoms with E-state index < -0.39 is 5.60 Å². The minimum absolute atomic E-state index is 0.00195. The van der Waals surface area contributed by atoms with Gasteiger partial charge in [0, 0.05) is 36.9 Å². The average Bonchev–Trinajstić information content (AvgIpc) is 3.01. The topological polar surface area (TPSA) is 110 Å². The van der Waals surface area contributed by atoms with Gasteiger partial charge in [0.2, 0.25) is 11.8 Å². The van der Waals surface area contributed by atoms with Crippen molar-refractivity contribution in [1.82, 2.24) is 19.9 Å². The number of nitrogens with zero attached hydrogens (tertiary/aromatic N) is 4. The lowest BCUT2D eigenvalue weighted by Gasteiger charge is -2.34. The number of pyridine rings is 1. The number of likely N-dealkylation sites (tertiary alicyclic amines) is 1. The second-order valence-corrected chi connectivity index (χ2v) is 12.5. The van der Waals surface area contributed by atoms with Crippen molar-refractivity contribution in [1.29, 1.82) is 0 Å². The Labute approximate surface area is 259 Å². The minimum Gasteiger partial charge on any atom is -0.444 e. The van der Waals surface area contributed by atoms with Gasteiger partial charge < -0.3 is 24.8 Å². The molecule has 0 bridgehead atoms. The molecule has 232 valence electrons. The number of ether oxygens (including phenoxy) is 2. The van der Waals surface area contributed by atoms with Crippen molar-refractivity contribution in [3.63, 3.8) is 0 Å². The summed E-state index contributed by atoms with van der Waals surface area (Å²) in [7, 11) is 0. The average molecular weight is 598 g/mol. The number of aliphatic hydroxyl groups excluding tert-OH is 1. The number of carbonyl (C=O) groups excluding carboxylic acids is 1. The highest BCUT2D eigenvalue weighted by molar-refractivity contribution is 5.92. The third-order valence-corrected chi connectivity index (χ3v) is 7.83. The highest BCUT2D eigenvalue weighted by atomic mass is 16.6. The molecule has 5 rings (SSSR count). The fourth-order valence-corrected chi connectivity index (χ4v) is 5.50. The smallest absolute Gasteiger partial charge is 0.410 e. The highest BCUT2D eigenvalue weighted by Crippen LogP contribution is 2.38. The fourth-order valence-electron chi connectivity index (χ4n) is 5.50. The zero-order valence-corrected chi connectivity index (χ0v) is 26.3. The fraction of sp³-hybridized carbons (Fsp3) is 0.429. The van der Waals surface area contributed by atoms with Crippen LogP contribution in [0.4, 0.5) is 10.7 Å². The Balaban J connectivity index is 1.37. The van der Waals surface area contributed by atoms with Crippen molar-refractivity contribution in [2.24, 2.45) is 0 Å². The summed E-state index contributed by atoms with van der Waals surface area (Å²) in [5, 5.41) is 15.7. The van der Waals surface area contributed by atoms with Crippen molar-refractivity contribution in [2.75, 3.05) is 18.4 Å². The van der Waals surface area contributed by atoms with E-state index in [2.05, 4.69) is 39.6 Å². The molecule has 2 atom stereocenters. The Hall–Kier alpha value is -4.24. The second kappa shape index (κ2) is 13.6. The summed E-state index contributed by atoms with van der Waals surface area (Å²) in [5.41, 5.74) is 3.06. The van der Waals surface area contributed by atoms with E-state index in [9.17, 15) is 9.90 Å². The first-order valence-electron chi connectivity index (χ1n) is 15.5. The van der Waals surface area contributed by atoms with Crippen LogP contribution in [0.2, 0.25) is 0 Å². The zero-order valence-electron chi connectivity index (χ0n) is 26.3. The van der Waals surface area contributed by atoms with Crippen LogP contribution in [0.15, 0.2) is 60.9 Å². The van der Waals surface area contributed by atoms with Crippen molar-refractivity contribution in [3.05, 3.63) is 72.1 Å². The van der Waals surface area contributed by atoms with Crippen molar-refractivity contribution in [3.8, 4) is 22.9 Å². The Morgan fingerprint density at radius 1 is 1.09 bits per heavy atom. The maximum atomic E-state index is 12.6. The van der Waals surface area contributed by atoms with E-state index in [1.165, 1.54) is 5.56 Å². The van der Waals surface area contributed by atoms with Crippen LogP contribution in [0.3, 0.4) is 0 Å². The predicted octanol–water partition coefficient (Wildman–Crippen LogP) is 7.31. The Bertz CT molecular complexity index is 1600. The number of aryl methyl sites for hydroxylation is 2. The van der Waals surface area contributed by atoms with Gasteiger partial charge in [-0.05, 0) is 94.5 Å². The van der Waals surface area contributed by atoms with Crippen LogP contribution in [0, 0.1) is 6.92 Å². The number of amides is 1. The quantitative estimate of drug-likeness (QED) is 0.207. The number of carbonyl (C=O) groups is 1. The number of nitrogens with one attached hydrogen (secondary N) is 1. The van der Waals surface area contributed by atoms with Crippen LogP contribution in [0.25, 0.3) is 22.0 Å². The summed E-state index contributed by atoms with van der Waals surface area (Å²) < 4.78 is 12.2. The number of hydrogen-bond donors (Lipinski definition) is 2. The lowest BCUT2D eigenvalue weighted by molar-refractivity contribution is 0.0206. The Morgan fingerprint density at radius 2 is 1.93 bits per heavy atom. The molecule has 0 unspecified atom stereocenters. The van der Waals surface area contributed by atoms with E-state index in [0.29, 0.717) is 37.0 Å². The first-order valence-corrected chi connectivity index (χ1v) is 15.5. The third-order valence-electron chi connectivity index (χ3n) is 7.83. The van der Waals surface area contributed by atoms with Crippen LogP contribution in [0.1, 0.15) is 64.5 Å². The molecule has 0 spiro atoms. The van der Waals surface area contributed by atoms with Crippen molar-refractivity contribution < 1.29 is 19.4 Å². The molecule has 1 fully saturated rings. The molecule has 44 heavy (non-hydrogen) atoms. The normalized spacial score (nSPS) is 16.0. The molecule has 1 aliphatic heterocycles. The molecule has 1 aliphatic rings. The van der Waals surface area contributed by atoms with Gasteiger partial charge in [-0.2, -0.15) is 0 Å². The molecule has 0 radical (unpaired) electrons. The lowest BCUT2D eigenvalue weighted by Crippen LogP contribution is -2.47. The third kappa shape index (κ3) is 7.63. The molecule has 9 heteroatoms. The largest absolute Gasteiger partial charge is 0.444 e. The minimum atomic E-state index is -0.538. The number of aromatic nitrogens is 3. The summed E-state index contributed by atoms with van der Waals surface area (Å²) in [6.07, 6.45) is 6.83. The summed E-state index contributed by atoms with van der Waals surface area (Å²) in [6.45, 7) is 10.8. The number of piperidine rings is 1. The van der Waals surface area contributed by atoms with E-state index >= 15 is 0 Å². The Morgan fingerprint density at radius 3 is 2.73 bits per heavy atom. The number of aliphatic hydroxyl groups is 1. The summed E-state index contributed by atoms with van der Waals surface area (Å²) in [5.74, 6) is 1.68. The summed E-state index contributed by atoms with van der Waals surface area (Å²) in [6, 6.07) is 16.1. The van der Waals surface area contributed by atoms with Gasteiger partial charge in [0.25, 0.3) is 0 Å². The molecular weight excluding hydrogens is 554 g/mol. The van der Waals surface area contributed by atoms with Gasteiger partial charge in [-0.3, -0.25) is 0 Å². The van der Waals surface area contributed by atoms with Gasteiger partial charge in [-0.25, -0.2) is 19.7 Å². The van der Waals surface area contributed by atoms with Crippen LogP contribution in [-0.4, -0.2) is 61.9 Å². The molecule has 1 amide bonds. The zero-order chi connectivity index (χ0) is 31.3. The maximum absolute atomic E-state index is 12.6. The molecule has 2 aromatic heterocycles. The van der Waals surface area contributed by atoms with Gasteiger partial charge in [-0.15, -0.1) is 0 Å². The molecule has 3 heterocycles. The number of anilines is 1. The molecule has 0 aliphatic carbocycles. The van der Waals surface area contributed by atoms with E-state index in [4.69, 9.17) is 14.5 Å². The SMILES string of the molecule is CC[C@H](O)CCc1cccc2c(Oc3ncccc3-c3ccnc(N[C@H]4CCCN(C(=O)OC(C)(C)C)C4)n3)c(C)ccc12. The van der Waals surface area contributed by atoms with Crippen LogP contribution in [-0.2, 0) is 11.2 Å². The molecular formula is C35H43N5O4. The van der Waals surface area contributed by atoms with Crippen LogP contribution < -0.4 is 10.1 Å². The predicted molar refractivity (Wildman–Crippen MR) is 173 cm³/mol. The Kier molecular flexibility index (Phi) is 9.64. The standard InChI is InChI=1S/C35H43N5O4/c1-6-26(41)16-15-24-10-7-12-28-27(24)17-14-23(2)31(28)43-32-29(13-8-19-36-32)30-18-20-37-33(39-30)38-25-11-9-21-40(22-25)34(42)44-35(3,4)5/h7-8,10,12-14,17-20,25-26,41H,6,9,11,15-16,21-22H2,1-5H3,(H,37,38,39)/t25-,26-/m0/s1. The first kappa shape index (κ1) is 31.2. The van der Waals surface area contributed by atoms with E-state index in [1.54, 1.807) is 17.3 Å². The molecule has 1 saturated heterocycles. The molecule has 0 saturated carbocycles. The van der Waals surface area contributed by atoms with Crippen LogP contribution in [0.5, 0.6) is 11.6 Å². The van der Waals surface area contributed by atoms with Gasteiger partial charge >= 0.3 is 6.09 Å². The van der Waals surface area contributed by atoms with Crippen molar-refractivity contribution >= 4 is 22.8 Å². The summed E-state index contributed by atoms with van der Waals surface area (Å²) >= 11 is 0. The number of hydrogen-bond acceptors (Lipinski definition) is 8. The number of benzene rings is 2. The van der Waals surface area contributed by atoms with Gasteiger partial charge in [0.15, 0.2) is 0 Å². The number of rotatable bonds is 9. The molecule has 2 N–H and O–H groups in total. The number of fused-ring (bicyclic) bond motifs is 1. The molecule has 9 nitrogen and oxygen atoms in total. The summed E-state index contributed by atoms with van der Waals surface area (Å²) in [4.78, 5) is 28.3. The maximum Gasteiger partial charge on any atom is 0.410 e. The van der Waals surface area contributed by atoms with Gasteiger partial charge in [0.05, 0.1) is 17.4 Å². The van der Waals surface area contributed by atoms with E-state index in [0.717, 1.165) is 53.3 Å². The monoisotopic (exact) mass is 597 g/mol. The molecule has 2 aromatic carbocycles. The highest BCUT2D eigenvalue weighted by Gasteiger charge is 2.28. The lowest BCUT2D eigenvalue weighted by atomic mass is 9.97. The molecule has 4 aromatic rings. The first-order chi connectivity index (χ1) is 21.1. The van der Waals surface area contributed by atoms with E-state index in [-0.39, 0.29) is 18.2 Å². The van der Waals surface area contributed by atoms with Gasteiger partial charge in [-0.1, -0.05) is 37.3 Å². The second-order valence-electron chi connectivity index (χ2n) is 12.5. The van der Waals surface area contributed by atoms with Crippen LogP contribution >= 0.6 is 0 Å². The van der Waals surface area contributed by atoms with Gasteiger partial charge in [0.1, 0.15) is 11.4 Å². The van der Waals surface area contributed by atoms with Crippen molar-refractivity contribution in [2.45, 2.75) is 84.5 Å². The van der Waals surface area contributed by atoms with E-state index in [1.807, 2.05) is 58.9 Å².